The molecule has 3 aromatic carbocycles. The van der Waals surface area contributed by atoms with E-state index in [1.165, 1.54) is 0 Å². The molecule has 1 atom stereocenters. The van der Waals surface area contributed by atoms with Crippen molar-refractivity contribution >= 4 is 5.78 Å². The molecule has 1 unspecified atom stereocenters. The molecular formula is C21H18O2. The third-order valence-corrected chi connectivity index (χ3v) is 3.67. The second-order valence-electron chi connectivity index (χ2n) is 5.45. The van der Waals surface area contributed by atoms with Gasteiger partial charge in [0, 0.05) is 11.1 Å². The third kappa shape index (κ3) is 3.67. The Hall–Kier alpha value is -2.87. The standard InChI is InChI=1S/C21H18O2/c1-16-12-14-19(15-13-16)23-21(18-10-6-3-7-11-18)20(22)17-8-4-2-5-9-17/h2-15,21H,1H3. The Kier molecular flexibility index (Phi) is 4.53. The van der Waals surface area contributed by atoms with E-state index in [1.54, 1.807) is 0 Å². The van der Waals surface area contributed by atoms with Crippen LogP contribution >= 0.6 is 0 Å². The number of ether oxygens (including phenoxy) is 1. The van der Waals surface area contributed by atoms with Crippen LogP contribution in [0.1, 0.15) is 27.6 Å². The predicted octanol–water partition coefficient (Wildman–Crippen LogP) is 5.00. The summed E-state index contributed by atoms with van der Waals surface area (Å²) < 4.78 is 6.02. The highest BCUT2D eigenvalue weighted by Crippen LogP contribution is 2.25. The Labute approximate surface area is 136 Å². The maximum atomic E-state index is 12.9. The van der Waals surface area contributed by atoms with Gasteiger partial charge in [-0.2, -0.15) is 0 Å². The molecule has 23 heavy (non-hydrogen) atoms. The van der Waals surface area contributed by atoms with E-state index in [1.807, 2.05) is 91.9 Å². The molecule has 3 aromatic rings. The van der Waals surface area contributed by atoms with Crippen molar-refractivity contribution in [1.82, 2.24) is 0 Å². The largest absolute Gasteiger partial charge is 0.478 e. The SMILES string of the molecule is Cc1ccc(OC(C(=O)c2ccccc2)c2ccccc2)cc1. The number of carbonyl (C=O) groups excluding carboxylic acids is 1. The molecule has 0 fully saturated rings. The molecule has 0 amide bonds. The molecule has 2 nitrogen and oxygen atoms in total. The van der Waals surface area contributed by atoms with Crippen molar-refractivity contribution in [3.8, 4) is 5.75 Å². The summed E-state index contributed by atoms with van der Waals surface area (Å²) in [5, 5.41) is 0. The van der Waals surface area contributed by atoms with Crippen LogP contribution in [-0.4, -0.2) is 5.78 Å². The predicted molar refractivity (Wildman–Crippen MR) is 91.8 cm³/mol. The summed E-state index contributed by atoms with van der Waals surface area (Å²) in [6.45, 7) is 2.02. The molecule has 0 aromatic heterocycles. The monoisotopic (exact) mass is 302 g/mol. The minimum atomic E-state index is -0.652. The van der Waals surface area contributed by atoms with Crippen molar-refractivity contribution in [2.45, 2.75) is 13.0 Å². The van der Waals surface area contributed by atoms with E-state index in [2.05, 4.69) is 0 Å². The first-order valence-electron chi connectivity index (χ1n) is 7.61. The zero-order valence-electron chi connectivity index (χ0n) is 13.0. The van der Waals surface area contributed by atoms with E-state index < -0.39 is 6.10 Å². The number of hydrogen-bond acceptors (Lipinski definition) is 2. The fourth-order valence-electron chi connectivity index (χ4n) is 2.41. The van der Waals surface area contributed by atoms with Gasteiger partial charge in [-0.05, 0) is 19.1 Å². The van der Waals surface area contributed by atoms with Gasteiger partial charge >= 0.3 is 0 Å². The van der Waals surface area contributed by atoms with Gasteiger partial charge in [0.05, 0.1) is 0 Å². The van der Waals surface area contributed by atoms with Crippen LogP contribution in [0.5, 0.6) is 5.75 Å². The summed E-state index contributed by atoms with van der Waals surface area (Å²) in [7, 11) is 0. The summed E-state index contributed by atoms with van der Waals surface area (Å²) in [6, 6.07) is 26.6. The van der Waals surface area contributed by atoms with Crippen LogP contribution < -0.4 is 4.74 Å². The number of rotatable bonds is 5. The van der Waals surface area contributed by atoms with Gasteiger partial charge in [-0.25, -0.2) is 0 Å². The molecule has 0 saturated carbocycles. The van der Waals surface area contributed by atoms with Crippen LogP contribution in [0.15, 0.2) is 84.9 Å². The number of hydrogen-bond donors (Lipinski definition) is 0. The lowest BCUT2D eigenvalue weighted by Gasteiger charge is -2.19. The van der Waals surface area contributed by atoms with Crippen molar-refractivity contribution < 1.29 is 9.53 Å². The summed E-state index contributed by atoms with van der Waals surface area (Å²) in [6.07, 6.45) is -0.652. The molecule has 0 N–H and O–H groups in total. The van der Waals surface area contributed by atoms with Crippen LogP contribution in [0, 0.1) is 6.92 Å². The molecule has 0 radical (unpaired) electrons. The Morgan fingerprint density at radius 1 is 0.783 bits per heavy atom. The Bertz CT molecular complexity index is 762. The van der Waals surface area contributed by atoms with Gasteiger partial charge < -0.3 is 4.74 Å². The van der Waals surface area contributed by atoms with Gasteiger partial charge in [0.15, 0.2) is 6.10 Å². The van der Waals surface area contributed by atoms with Crippen molar-refractivity contribution in [3.05, 3.63) is 102 Å². The average molecular weight is 302 g/mol. The second kappa shape index (κ2) is 6.93. The van der Waals surface area contributed by atoms with Crippen LogP contribution in [-0.2, 0) is 0 Å². The maximum absolute atomic E-state index is 12.9. The number of ketones is 1. The zero-order valence-corrected chi connectivity index (χ0v) is 13.0. The highest BCUT2D eigenvalue weighted by atomic mass is 16.5. The number of carbonyl (C=O) groups is 1. The van der Waals surface area contributed by atoms with Gasteiger partial charge in [0.1, 0.15) is 5.75 Å². The third-order valence-electron chi connectivity index (χ3n) is 3.67. The summed E-state index contributed by atoms with van der Waals surface area (Å²) in [5.41, 5.74) is 2.65. The summed E-state index contributed by atoms with van der Waals surface area (Å²) >= 11 is 0. The molecular weight excluding hydrogens is 284 g/mol. The van der Waals surface area contributed by atoms with Gasteiger partial charge in [-0.3, -0.25) is 4.79 Å². The Morgan fingerprint density at radius 3 is 1.96 bits per heavy atom. The smallest absolute Gasteiger partial charge is 0.207 e. The summed E-state index contributed by atoms with van der Waals surface area (Å²) in [4.78, 5) is 12.9. The Balaban J connectivity index is 1.94. The highest BCUT2D eigenvalue weighted by molar-refractivity contribution is 6.00. The molecule has 0 aliphatic rings. The zero-order chi connectivity index (χ0) is 16.1. The van der Waals surface area contributed by atoms with Crippen LogP contribution in [0.2, 0.25) is 0 Å². The molecule has 0 aliphatic heterocycles. The number of aryl methyl sites for hydroxylation is 1. The highest BCUT2D eigenvalue weighted by Gasteiger charge is 2.23. The van der Waals surface area contributed by atoms with Crippen LogP contribution in [0.25, 0.3) is 0 Å². The van der Waals surface area contributed by atoms with Gasteiger partial charge in [-0.15, -0.1) is 0 Å². The van der Waals surface area contributed by atoms with Crippen molar-refractivity contribution in [2.75, 3.05) is 0 Å². The number of benzene rings is 3. The molecule has 3 rings (SSSR count). The van der Waals surface area contributed by atoms with E-state index in [9.17, 15) is 4.79 Å². The van der Waals surface area contributed by atoms with E-state index in [0.29, 0.717) is 11.3 Å². The molecule has 0 bridgehead atoms. The van der Waals surface area contributed by atoms with Crippen LogP contribution in [0.4, 0.5) is 0 Å². The first-order chi connectivity index (χ1) is 11.2. The lowest BCUT2D eigenvalue weighted by atomic mass is 10.00. The fourth-order valence-corrected chi connectivity index (χ4v) is 2.41. The maximum Gasteiger partial charge on any atom is 0.207 e. The lowest BCUT2D eigenvalue weighted by Crippen LogP contribution is -2.19. The molecule has 0 spiro atoms. The number of Topliss-reactive ketones (excluding diaryl/α,β-unsaturated/α-hetero) is 1. The lowest BCUT2D eigenvalue weighted by molar-refractivity contribution is 0.0792. The topological polar surface area (TPSA) is 26.3 Å². The first-order valence-corrected chi connectivity index (χ1v) is 7.61. The van der Waals surface area contributed by atoms with Gasteiger partial charge in [0.2, 0.25) is 5.78 Å². The normalized spacial score (nSPS) is 11.7. The second-order valence-corrected chi connectivity index (χ2v) is 5.45. The van der Waals surface area contributed by atoms with E-state index >= 15 is 0 Å². The van der Waals surface area contributed by atoms with Crippen molar-refractivity contribution in [2.24, 2.45) is 0 Å². The summed E-state index contributed by atoms with van der Waals surface area (Å²) in [5.74, 6) is 0.645. The van der Waals surface area contributed by atoms with Crippen molar-refractivity contribution in [1.29, 1.82) is 0 Å². The van der Waals surface area contributed by atoms with E-state index in [-0.39, 0.29) is 5.78 Å². The average Bonchev–Trinajstić information content (AvgIpc) is 2.62. The molecule has 2 heteroatoms. The van der Waals surface area contributed by atoms with Gasteiger partial charge in [0.25, 0.3) is 0 Å². The van der Waals surface area contributed by atoms with Crippen LogP contribution in [0.3, 0.4) is 0 Å². The van der Waals surface area contributed by atoms with E-state index in [0.717, 1.165) is 11.1 Å². The van der Waals surface area contributed by atoms with Crippen molar-refractivity contribution in [3.63, 3.8) is 0 Å². The van der Waals surface area contributed by atoms with E-state index in [4.69, 9.17) is 4.74 Å². The minimum absolute atomic E-state index is 0.0441. The first kappa shape index (κ1) is 15.0. The minimum Gasteiger partial charge on any atom is -0.478 e. The molecule has 0 heterocycles. The molecule has 114 valence electrons. The fraction of sp³-hybridized carbons (Fsp3) is 0.0952. The Morgan fingerprint density at radius 2 is 1.35 bits per heavy atom. The molecule has 0 saturated heterocycles. The molecule has 0 aliphatic carbocycles. The quantitative estimate of drug-likeness (QED) is 0.620. The van der Waals surface area contributed by atoms with Gasteiger partial charge in [-0.1, -0.05) is 78.4 Å².